The lowest BCUT2D eigenvalue weighted by Crippen LogP contribution is -2.22. The molecule has 1 N–H and O–H groups in total. The molecule has 0 radical (unpaired) electrons. The lowest BCUT2D eigenvalue weighted by molar-refractivity contribution is -0.145. The number of methoxy groups -OCH3 is 1. The van der Waals surface area contributed by atoms with Gasteiger partial charge in [0.05, 0.1) is 13.0 Å². The highest BCUT2D eigenvalue weighted by Crippen LogP contribution is 2.29. The van der Waals surface area contributed by atoms with Gasteiger partial charge in [0.15, 0.2) is 0 Å². The van der Waals surface area contributed by atoms with Crippen molar-refractivity contribution in [3.63, 3.8) is 0 Å². The van der Waals surface area contributed by atoms with Gasteiger partial charge >= 0.3 is 5.97 Å². The third-order valence-corrected chi connectivity index (χ3v) is 3.22. The summed E-state index contributed by atoms with van der Waals surface area (Å²) < 4.78 is 4.83. The highest BCUT2D eigenvalue weighted by atomic mass is 35.5. The number of carbonyl (C=O) groups is 1. The van der Waals surface area contributed by atoms with Gasteiger partial charge < -0.3 is 10.1 Å². The predicted octanol–water partition coefficient (Wildman–Crippen LogP) is 1.89. The Balaban J connectivity index is 0.00000144. The molecule has 1 aromatic rings. The third-order valence-electron chi connectivity index (χ3n) is 3.22. The molecule has 1 fully saturated rings. The van der Waals surface area contributed by atoms with Gasteiger partial charge in [-0.2, -0.15) is 0 Å². The van der Waals surface area contributed by atoms with Crippen LogP contribution in [0.1, 0.15) is 17.0 Å². The smallest absolute Gasteiger partial charge is 0.310 e. The van der Waals surface area contributed by atoms with Crippen LogP contribution in [0.4, 0.5) is 0 Å². The standard InChI is InChI=1S/C13H17NO2.ClH/c1-9-3-5-10(6-4-9)11-7-14-8-12(11)13(15)16-2;/h3-6,11-12,14H,7-8H2,1-2H3;1H/t11-,12+;/m1./s1. The van der Waals surface area contributed by atoms with Gasteiger partial charge in [-0.15, -0.1) is 12.4 Å². The van der Waals surface area contributed by atoms with E-state index in [4.69, 9.17) is 4.74 Å². The third kappa shape index (κ3) is 2.99. The fourth-order valence-corrected chi connectivity index (χ4v) is 2.24. The molecule has 0 spiro atoms. The Kier molecular flexibility index (Phi) is 4.97. The molecular weight excluding hydrogens is 238 g/mol. The Morgan fingerprint density at radius 3 is 2.53 bits per heavy atom. The molecule has 1 aliphatic heterocycles. The van der Waals surface area contributed by atoms with Crippen LogP contribution in [0.5, 0.6) is 0 Å². The molecule has 0 bridgehead atoms. The van der Waals surface area contributed by atoms with Gasteiger partial charge in [0, 0.05) is 19.0 Å². The molecule has 17 heavy (non-hydrogen) atoms. The Morgan fingerprint density at radius 1 is 1.29 bits per heavy atom. The van der Waals surface area contributed by atoms with Crippen LogP contribution in [0, 0.1) is 12.8 Å². The molecule has 4 heteroatoms. The summed E-state index contributed by atoms with van der Waals surface area (Å²) in [4.78, 5) is 11.6. The minimum atomic E-state index is -0.115. The van der Waals surface area contributed by atoms with Gasteiger partial charge in [0.1, 0.15) is 0 Å². The number of hydrogen-bond donors (Lipinski definition) is 1. The lowest BCUT2D eigenvalue weighted by atomic mass is 9.88. The maximum absolute atomic E-state index is 11.6. The number of nitrogens with one attached hydrogen (secondary N) is 1. The molecule has 0 saturated carbocycles. The number of carbonyl (C=O) groups excluding carboxylic acids is 1. The number of halogens is 1. The Labute approximate surface area is 108 Å². The lowest BCUT2D eigenvalue weighted by Gasteiger charge is -2.16. The van der Waals surface area contributed by atoms with Gasteiger partial charge in [-0.1, -0.05) is 29.8 Å². The number of ether oxygens (including phenoxy) is 1. The second kappa shape index (κ2) is 6.03. The van der Waals surface area contributed by atoms with Crippen LogP contribution < -0.4 is 5.32 Å². The maximum Gasteiger partial charge on any atom is 0.310 e. The van der Waals surface area contributed by atoms with Crippen molar-refractivity contribution < 1.29 is 9.53 Å². The van der Waals surface area contributed by atoms with Gasteiger partial charge in [-0.3, -0.25) is 4.79 Å². The van der Waals surface area contributed by atoms with E-state index >= 15 is 0 Å². The van der Waals surface area contributed by atoms with Gasteiger partial charge in [0.2, 0.25) is 0 Å². The normalized spacial score (nSPS) is 22.9. The van der Waals surface area contributed by atoms with Gasteiger partial charge in [-0.25, -0.2) is 0 Å². The van der Waals surface area contributed by atoms with Crippen molar-refractivity contribution in [2.45, 2.75) is 12.8 Å². The highest BCUT2D eigenvalue weighted by Gasteiger charge is 2.34. The largest absolute Gasteiger partial charge is 0.469 e. The summed E-state index contributed by atoms with van der Waals surface area (Å²) in [5, 5.41) is 3.25. The monoisotopic (exact) mass is 255 g/mol. The van der Waals surface area contributed by atoms with Gasteiger partial charge in [-0.05, 0) is 12.5 Å². The van der Waals surface area contributed by atoms with Crippen molar-refractivity contribution in [1.82, 2.24) is 5.32 Å². The topological polar surface area (TPSA) is 38.3 Å². The van der Waals surface area contributed by atoms with Crippen molar-refractivity contribution in [1.29, 1.82) is 0 Å². The molecule has 1 aromatic carbocycles. The van der Waals surface area contributed by atoms with E-state index in [0.717, 1.165) is 6.54 Å². The minimum Gasteiger partial charge on any atom is -0.469 e. The van der Waals surface area contributed by atoms with Crippen LogP contribution >= 0.6 is 12.4 Å². The van der Waals surface area contributed by atoms with Crippen LogP contribution in [0.15, 0.2) is 24.3 Å². The number of aryl methyl sites for hydroxylation is 1. The van der Waals surface area contributed by atoms with E-state index in [1.165, 1.54) is 18.2 Å². The first-order valence-corrected chi connectivity index (χ1v) is 5.57. The highest BCUT2D eigenvalue weighted by molar-refractivity contribution is 5.85. The van der Waals surface area contributed by atoms with Crippen molar-refractivity contribution in [2.24, 2.45) is 5.92 Å². The van der Waals surface area contributed by atoms with E-state index in [1.807, 2.05) is 0 Å². The molecular formula is C13H18ClNO2. The van der Waals surface area contributed by atoms with Crippen LogP contribution in [-0.2, 0) is 9.53 Å². The zero-order valence-corrected chi connectivity index (χ0v) is 10.9. The molecule has 1 saturated heterocycles. The van der Waals surface area contributed by atoms with Gasteiger partial charge in [0.25, 0.3) is 0 Å². The average molecular weight is 256 g/mol. The van der Waals surface area contributed by atoms with E-state index in [-0.39, 0.29) is 30.2 Å². The fourth-order valence-electron chi connectivity index (χ4n) is 2.24. The van der Waals surface area contributed by atoms with E-state index in [2.05, 4.69) is 36.5 Å². The molecule has 2 rings (SSSR count). The summed E-state index contributed by atoms with van der Waals surface area (Å²) in [6, 6.07) is 8.37. The maximum atomic E-state index is 11.6. The molecule has 0 unspecified atom stereocenters. The second-order valence-corrected chi connectivity index (χ2v) is 4.31. The van der Waals surface area contributed by atoms with Crippen LogP contribution in [0.2, 0.25) is 0 Å². The fraction of sp³-hybridized carbons (Fsp3) is 0.462. The number of benzene rings is 1. The SMILES string of the molecule is COC(=O)[C@H]1CNC[C@@H]1c1ccc(C)cc1.Cl. The quantitative estimate of drug-likeness (QED) is 0.821. The van der Waals surface area contributed by atoms with Crippen LogP contribution in [-0.4, -0.2) is 26.2 Å². The predicted molar refractivity (Wildman–Crippen MR) is 69.5 cm³/mol. The summed E-state index contributed by atoms with van der Waals surface area (Å²) in [5.74, 6) is 0.0799. The zero-order chi connectivity index (χ0) is 11.5. The Morgan fingerprint density at radius 2 is 1.94 bits per heavy atom. The number of esters is 1. The van der Waals surface area contributed by atoms with E-state index < -0.39 is 0 Å². The first kappa shape index (κ1) is 14.0. The molecule has 0 amide bonds. The van der Waals surface area contributed by atoms with E-state index in [0.29, 0.717) is 6.54 Å². The average Bonchev–Trinajstić information content (AvgIpc) is 2.78. The first-order valence-electron chi connectivity index (χ1n) is 5.57. The van der Waals surface area contributed by atoms with E-state index in [9.17, 15) is 4.79 Å². The van der Waals surface area contributed by atoms with E-state index in [1.54, 1.807) is 0 Å². The Hall–Kier alpha value is -1.06. The van der Waals surface area contributed by atoms with Crippen LogP contribution in [0.25, 0.3) is 0 Å². The molecule has 94 valence electrons. The summed E-state index contributed by atoms with van der Waals surface area (Å²) in [6.07, 6.45) is 0. The zero-order valence-electron chi connectivity index (χ0n) is 10.1. The van der Waals surface area contributed by atoms with Crippen molar-refractivity contribution in [3.8, 4) is 0 Å². The molecule has 1 heterocycles. The van der Waals surface area contributed by atoms with Crippen LogP contribution in [0.3, 0.4) is 0 Å². The molecule has 2 atom stereocenters. The van der Waals surface area contributed by atoms with Crippen molar-refractivity contribution in [2.75, 3.05) is 20.2 Å². The summed E-state index contributed by atoms with van der Waals surface area (Å²) in [6.45, 7) is 3.63. The summed E-state index contributed by atoms with van der Waals surface area (Å²) in [7, 11) is 1.45. The first-order chi connectivity index (χ1) is 7.72. The Bertz CT molecular complexity index is 378. The minimum absolute atomic E-state index is 0. The van der Waals surface area contributed by atoms with Crippen molar-refractivity contribution in [3.05, 3.63) is 35.4 Å². The van der Waals surface area contributed by atoms with Crippen molar-refractivity contribution >= 4 is 18.4 Å². The molecule has 3 nitrogen and oxygen atoms in total. The second-order valence-electron chi connectivity index (χ2n) is 4.31. The molecule has 0 aliphatic carbocycles. The molecule has 0 aromatic heterocycles. The number of hydrogen-bond acceptors (Lipinski definition) is 3. The number of rotatable bonds is 2. The molecule has 1 aliphatic rings. The summed E-state index contributed by atoms with van der Waals surface area (Å²) >= 11 is 0. The summed E-state index contributed by atoms with van der Waals surface area (Å²) in [5.41, 5.74) is 2.45.